The number of nitro groups is 1. The van der Waals surface area contributed by atoms with Crippen molar-refractivity contribution < 1.29 is 14.4 Å². The molecular weight excluding hydrogens is 339 g/mol. The molecule has 26 heavy (non-hydrogen) atoms. The lowest BCUT2D eigenvalue weighted by Gasteiger charge is -2.12. The summed E-state index contributed by atoms with van der Waals surface area (Å²) >= 11 is 0. The number of hydrogen-bond acceptors (Lipinski definition) is 5. The molecule has 2 aromatic carbocycles. The summed E-state index contributed by atoms with van der Waals surface area (Å²) in [5.74, 6) is 0.106. The molecule has 0 bridgehead atoms. The van der Waals surface area contributed by atoms with Crippen molar-refractivity contribution in [3.05, 3.63) is 87.2 Å². The lowest BCUT2D eigenvalue weighted by atomic mass is 9.99. The minimum atomic E-state index is -0.502. The van der Waals surface area contributed by atoms with E-state index in [1.54, 1.807) is 35.0 Å². The van der Waals surface area contributed by atoms with E-state index < -0.39 is 10.7 Å². The summed E-state index contributed by atoms with van der Waals surface area (Å²) < 4.78 is 16.1. The molecule has 1 aromatic heterocycles. The van der Waals surface area contributed by atoms with Crippen LogP contribution < -0.4 is 0 Å². The molecule has 1 N–H and O–H groups in total. The van der Waals surface area contributed by atoms with Crippen LogP contribution in [0.5, 0.6) is 0 Å². The van der Waals surface area contributed by atoms with E-state index in [-0.39, 0.29) is 24.4 Å². The van der Waals surface area contributed by atoms with Crippen LogP contribution in [0.2, 0.25) is 0 Å². The number of nitrogens with zero attached hydrogens (tertiary/aromatic N) is 4. The van der Waals surface area contributed by atoms with Gasteiger partial charge in [0.25, 0.3) is 5.69 Å². The summed E-state index contributed by atoms with van der Waals surface area (Å²) in [6.45, 7) is -0.0711. The monoisotopic (exact) mass is 352 g/mol. The van der Waals surface area contributed by atoms with Crippen LogP contribution in [-0.2, 0) is 13.2 Å². The van der Waals surface area contributed by atoms with Gasteiger partial charge >= 0.3 is 0 Å². The molecule has 1 aliphatic heterocycles. The first-order chi connectivity index (χ1) is 12.6. The van der Waals surface area contributed by atoms with Gasteiger partial charge in [0.05, 0.1) is 35.2 Å². The van der Waals surface area contributed by atoms with Crippen molar-refractivity contribution in [3.63, 3.8) is 0 Å². The van der Waals surface area contributed by atoms with Gasteiger partial charge in [-0.1, -0.05) is 12.1 Å². The van der Waals surface area contributed by atoms with Gasteiger partial charge in [0.15, 0.2) is 0 Å². The largest absolute Gasteiger partial charge is 0.390 e. The predicted octanol–water partition coefficient (Wildman–Crippen LogP) is 2.76. The van der Waals surface area contributed by atoms with Gasteiger partial charge in [-0.15, -0.1) is 0 Å². The number of nitro benzene ring substituents is 1. The van der Waals surface area contributed by atoms with E-state index in [2.05, 4.69) is 9.98 Å². The molecule has 3 aromatic rings. The van der Waals surface area contributed by atoms with Crippen molar-refractivity contribution in [2.45, 2.75) is 13.2 Å². The van der Waals surface area contributed by atoms with Crippen LogP contribution in [0.4, 0.5) is 10.1 Å². The van der Waals surface area contributed by atoms with Crippen LogP contribution in [-0.4, -0.2) is 25.3 Å². The lowest BCUT2D eigenvalue weighted by molar-refractivity contribution is -0.384. The van der Waals surface area contributed by atoms with E-state index in [0.717, 1.165) is 0 Å². The minimum absolute atomic E-state index is 0.112. The van der Waals surface area contributed by atoms with Crippen molar-refractivity contribution in [1.29, 1.82) is 0 Å². The number of aliphatic hydroxyl groups excluding tert-OH is 1. The second-order valence-corrected chi connectivity index (χ2v) is 5.78. The summed E-state index contributed by atoms with van der Waals surface area (Å²) in [6.07, 6.45) is 1.65. The van der Waals surface area contributed by atoms with E-state index >= 15 is 0 Å². The first-order valence-electron chi connectivity index (χ1n) is 7.85. The number of hydrogen-bond donors (Lipinski definition) is 1. The van der Waals surface area contributed by atoms with E-state index in [9.17, 15) is 19.6 Å². The molecule has 0 fully saturated rings. The summed E-state index contributed by atoms with van der Waals surface area (Å²) in [5.41, 5.74) is 1.98. The average Bonchev–Trinajstić information content (AvgIpc) is 3.00. The molecule has 4 rings (SSSR count). The van der Waals surface area contributed by atoms with E-state index in [1.807, 2.05) is 0 Å². The molecule has 8 heteroatoms. The number of rotatable bonds is 3. The zero-order valence-electron chi connectivity index (χ0n) is 13.5. The number of aromatic nitrogens is 2. The number of halogens is 1. The van der Waals surface area contributed by atoms with Crippen molar-refractivity contribution in [3.8, 4) is 5.69 Å². The predicted molar refractivity (Wildman–Crippen MR) is 91.9 cm³/mol. The maximum atomic E-state index is 14.4. The molecule has 0 atom stereocenters. The first-order valence-corrected chi connectivity index (χ1v) is 7.85. The van der Waals surface area contributed by atoms with Crippen molar-refractivity contribution in [2.75, 3.05) is 0 Å². The zero-order chi connectivity index (χ0) is 18.3. The van der Waals surface area contributed by atoms with Crippen molar-refractivity contribution in [1.82, 2.24) is 9.55 Å². The molecule has 130 valence electrons. The standard InChI is InChI=1S/C18H13FN4O3/c19-15-4-2-1-3-13(15)18-14-7-12(23(25)26)5-6-16(14)22-9-11(10-24)21-17(22)8-20-18/h1-7,9,24H,8,10H2. The van der Waals surface area contributed by atoms with Gasteiger partial charge in [-0.3, -0.25) is 15.1 Å². The Hall–Kier alpha value is -3.39. The second kappa shape index (κ2) is 6.16. The number of fused-ring (bicyclic) bond motifs is 3. The highest BCUT2D eigenvalue weighted by Gasteiger charge is 2.24. The number of imidazole rings is 1. The van der Waals surface area contributed by atoms with Gasteiger partial charge in [-0.2, -0.15) is 0 Å². The molecule has 0 spiro atoms. The molecule has 0 amide bonds. The maximum absolute atomic E-state index is 14.4. The quantitative estimate of drug-likeness (QED) is 0.579. The Kier molecular flexibility index (Phi) is 3.81. The summed E-state index contributed by atoms with van der Waals surface area (Å²) in [7, 11) is 0. The highest BCUT2D eigenvalue weighted by atomic mass is 19.1. The maximum Gasteiger partial charge on any atom is 0.270 e. The minimum Gasteiger partial charge on any atom is -0.390 e. The molecule has 1 aliphatic rings. The van der Waals surface area contributed by atoms with E-state index in [1.165, 1.54) is 18.2 Å². The highest BCUT2D eigenvalue weighted by Crippen LogP contribution is 2.29. The number of benzene rings is 2. The Morgan fingerprint density at radius 3 is 2.77 bits per heavy atom. The topological polar surface area (TPSA) is 93.6 Å². The molecule has 2 heterocycles. The highest BCUT2D eigenvalue weighted by molar-refractivity contribution is 6.15. The molecule has 0 saturated carbocycles. The first kappa shape index (κ1) is 16.1. The lowest BCUT2D eigenvalue weighted by Crippen LogP contribution is -2.09. The summed E-state index contributed by atoms with van der Waals surface area (Å²) in [4.78, 5) is 19.5. The van der Waals surface area contributed by atoms with Gasteiger partial charge in [0.1, 0.15) is 11.6 Å². The van der Waals surface area contributed by atoms with Gasteiger partial charge in [-0.05, 0) is 18.2 Å². The van der Waals surface area contributed by atoms with Crippen LogP contribution in [0.1, 0.15) is 22.6 Å². The Morgan fingerprint density at radius 1 is 1.23 bits per heavy atom. The molecule has 0 aliphatic carbocycles. The third-order valence-electron chi connectivity index (χ3n) is 4.20. The third kappa shape index (κ3) is 2.56. The fraction of sp³-hybridized carbons (Fsp3) is 0.111. The van der Waals surface area contributed by atoms with Gasteiger partial charge in [0, 0.05) is 29.5 Å². The van der Waals surface area contributed by atoms with Crippen molar-refractivity contribution in [2.24, 2.45) is 4.99 Å². The van der Waals surface area contributed by atoms with Gasteiger partial charge in [-0.25, -0.2) is 9.37 Å². The van der Waals surface area contributed by atoms with Gasteiger partial charge in [0.2, 0.25) is 0 Å². The van der Waals surface area contributed by atoms with E-state index in [0.29, 0.717) is 28.5 Å². The van der Waals surface area contributed by atoms with Crippen LogP contribution in [0.15, 0.2) is 53.7 Å². The fourth-order valence-corrected chi connectivity index (χ4v) is 3.02. The molecular formula is C18H13FN4O3. The molecule has 7 nitrogen and oxygen atoms in total. The van der Waals surface area contributed by atoms with Crippen LogP contribution in [0, 0.1) is 15.9 Å². The van der Waals surface area contributed by atoms with Crippen LogP contribution in [0.3, 0.4) is 0 Å². The Labute approximate surface area is 147 Å². The zero-order valence-corrected chi connectivity index (χ0v) is 13.5. The molecule has 0 unspecified atom stereocenters. The van der Waals surface area contributed by atoms with Gasteiger partial charge < -0.3 is 9.67 Å². The third-order valence-corrected chi connectivity index (χ3v) is 4.20. The fourth-order valence-electron chi connectivity index (χ4n) is 3.02. The smallest absolute Gasteiger partial charge is 0.270 e. The van der Waals surface area contributed by atoms with Crippen LogP contribution >= 0.6 is 0 Å². The Morgan fingerprint density at radius 2 is 2.04 bits per heavy atom. The summed E-state index contributed by atoms with van der Waals surface area (Å²) in [5, 5.41) is 20.6. The SMILES string of the molecule is O=[N+]([O-])c1ccc2c(c1)C(c1ccccc1F)=NCc1nc(CO)cn1-2. The van der Waals surface area contributed by atoms with E-state index in [4.69, 9.17) is 0 Å². The Balaban J connectivity index is 1.99. The number of aliphatic imine (C=N–C) groups is 1. The molecule has 0 saturated heterocycles. The summed E-state index contributed by atoms with van der Waals surface area (Å²) in [6, 6.07) is 10.5. The number of non-ortho nitro benzene ring substituents is 1. The second-order valence-electron chi connectivity index (χ2n) is 5.78. The van der Waals surface area contributed by atoms with Crippen LogP contribution in [0.25, 0.3) is 5.69 Å². The molecule has 0 radical (unpaired) electrons. The Bertz CT molecular complexity index is 1060. The van der Waals surface area contributed by atoms with Crippen molar-refractivity contribution >= 4 is 11.4 Å². The average molecular weight is 352 g/mol. The number of aliphatic hydroxyl groups is 1. The normalized spacial score (nSPS) is 12.8.